The lowest BCUT2D eigenvalue weighted by atomic mass is 10.2. The largest absolute Gasteiger partial charge is 0.366 e. The summed E-state index contributed by atoms with van der Waals surface area (Å²) in [7, 11) is -2.07. The van der Waals surface area contributed by atoms with E-state index in [2.05, 4.69) is 14.7 Å². The van der Waals surface area contributed by atoms with Gasteiger partial charge in [-0.1, -0.05) is 0 Å². The van der Waals surface area contributed by atoms with E-state index >= 15 is 0 Å². The third-order valence-electron chi connectivity index (χ3n) is 2.67. The Balaban J connectivity index is 3.11. The van der Waals surface area contributed by atoms with E-state index in [9.17, 15) is 8.42 Å². The van der Waals surface area contributed by atoms with E-state index in [-0.39, 0.29) is 6.10 Å². The van der Waals surface area contributed by atoms with Crippen LogP contribution < -0.4 is 4.72 Å². The van der Waals surface area contributed by atoms with Crippen molar-refractivity contribution in [2.24, 2.45) is 0 Å². The van der Waals surface area contributed by atoms with Crippen molar-refractivity contribution in [3.8, 4) is 0 Å². The molecule has 0 aliphatic carbocycles. The molecule has 0 radical (unpaired) electrons. The van der Waals surface area contributed by atoms with Crippen molar-refractivity contribution >= 4 is 10.0 Å². The molecule has 0 aromatic carbocycles. The van der Waals surface area contributed by atoms with Gasteiger partial charge in [0.1, 0.15) is 11.4 Å². The molecule has 1 aromatic rings. The summed E-state index contributed by atoms with van der Waals surface area (Å²) < 4.78 is 31.8. The minimum atomic E-state index is -3.46. The molecule has 1 heterocycles. The Labute approximate surface area is 114 Å². The monoisotopic (exact) mass is 287 g/mol. The van der Waals surface area contributed by atoms with E-state index in [1.807, 2.05) is 20.8 Å². The van der Waals surface area contributed by atoms with Gasteiger partial charge < -0.3 is 4.74 Å². The number of ether oxygens (including phenoxy) is 1. The van der Waals surface area contributed by atoms with Crippen LogP contribution in [0.3, 0.4) is 0 Å². The summed E-state index contributed by atoms with van der Waals surface area (Å²) in [6, 6.07) is 0. The fraction of sp³-hybridized carbons (Fsp3) is 0.667. The first-order valence-corrected chi connectivity index (χ1v) is 7.69. The molecule has 0 fully saturated rings. The molecule has 0 aliphatic rings. The minimum absolute atomic E-state index is 0.121. The van der Waals surface area contributed by atoms with E-state index in [0.29, 0.717) is 5.82 Å². The van der Waals surface area contributed by atoms with Crippen LogP contribution in [0.15, 0.2) is 12.4 Å². The predicted octanol–water partition coefficient (Wildman–Crippen LogP) is 1.19. The van der Waals surface area contributed by atoms with Crippen molar-refractivity contribution in [3.05, 3.63) is 23.8 Å². The molecule has 6 nitrogen and oxygen atoms in total. The lowest BCUT2D eigenvalue weighted by Gasteiger charge is -2.24. The van der Waals surface area contributed by atoms with Crippen molar-refractivity contribution in [1.29, 1.82) is 0 Å². The lowest BCUT2D eigenvalue weighted by molar-refractivity contribution is 0.00130. The van der Waals surface area contributed by atoms with E-state index in [1.165, 1.54) is 7.05 Å². The Kier molecular flexibility index (Phi) is 5.39. The third-order valence-corrected chi connectivity index (χ3v) is 4.47. The van der Waals surface area contributed by atoms with Gasteiger partial charge in [-0.25, -0.2) is 23.1 Å². The first-order chi connectivity index (χ1) is 8.77. The number of nitrogens with zero attached hydrogens (tertiary/aromatic N) is 2. The predicted molar refractivity (Wildman–Crippen MR) is 73.2 cm³/mol. The maximum Gasteiger partial charge on any atom is 0.216 e. The van der Waals surface area contributed by atoms with Gasteiger partial charge in [0.2, 0.25) is 10.0 Å². The Morgan fingerprint density at radius 3 is 2.16 bits per heavy atom. The molecule has 0 saturated carbocycles. The zero-order valence-corrected chi connectivity index (χ0v) is 12.7. The lowest BCUT2D eigenvalue weighted by Crippen LogP contribution is -2.36. The molecular formula is C12H21N3O3S. The molecule has 0 aliphatic heterocycles. The van der Waals surface area contributed by atoms with Crippen molar-refractivity contribution in [1.82, 2.24) is 14.7 Å². The van der Waals surface area contributed by atoms with Crippen LogP contribution in [0.4, 0.5) is 0 Å². The van der Waals surface area contributed by atoms with Crippen molar-refractivity contribution in [2.75, 3.05) is 7.05 Å². The smallest absolute Gasteiger partial charge is 0.216 e. The molecule has 0 amide bonds. The van der Waals surface area contributed by atoms with E-state index in [4.69, 9.17) is 4.74 Å². The fourth-order valence-corrected chi connectivity index (χ4v) is 2.46. The third kappa shape index (κ3) is 4.22. The Hall–Kier alpha value is -1.05. The maximum absolute atomic E-state index is 11.9. The average Bonchev–Trinajstić information content (AvgIpc) is 2.36. The zero-order chi connectivity index (χ0) is 14.6. The first-order valence-electron chi connectivity index (χ1n) is 6.14. The molecule has 1 rings (SSSR count). The molecule has 7 heteroatoms. The Bertz CT molecular complexity index is 499. The standard InChI is InChI=1S/C12H21N3O3S/c1-8(2)18-11(10(4)19(16,17)13-5)12-14-6-9(3)7-15-12/h6-8,10-11,13H,1-5H3/t10-,11-/m1/s1. The van der Waals surface area contributed by atoms with Gasteiger partial charge in [0.05, 0.1) is 6.10 Å². The second kappa shape index (κ2) is 6.40. The summed E-state index contributed by atoms with van der Waals surface area (Å²) >= 11 is 0. The highest BCUT2D eigenvalue weighted by molar-refractivity contribution is 7.90. The molecule has 0 saturated heterocycles. The van der Waals surface area contributed by atoms with Crippen LogP contribution in [0.1, 0.15) is 38.3 Å². The van der Waals surface area contributed by atoms with Gasteiger partial charge in [0.15, 0.2) is 5.82 Å². The summed E-state index contributed by atoms with van der Waals surface area (Å²) in [4.78, 5) is 8.34. The average molecular weight is 287 g/mol. The second-order valence-corrected chi connectivity index (χ2v) is 6.92. The summed E-state index contributed by atoms with van der Waals surface area (Å²) in [5.41, 5.74) is 0.913. The molecule has 1 N–H and O–H groups in total. The fourth-order valence-electron chi connectivity index (χ4n) is 1.57. The topological polar surface area (TPSA) is 81.2 Å². The molecule has 0 unspecified atom stereocenters. The number of hydrogen-bond acceptors (Lipinski definition) is 5. The molecule has 2 atom stereocenters. The van der Waals surface area contributed by atoms with E-state index < -0.39 is 21.4 Å². The number of nitrogens with one attached hydrogen (secondary N) is 1. The van der Waals surface area contributed by atoms with Crippen LogP contribution in [-0.2, 0) is 14.8 Å². The number of rotatable bonds is 6. The number of aromatic nitrogens is 2. The van der Waals surface area contributed by atoms with Crippen LogP contribution in [0, 0.1) is 6.92 Å². The highest BCUT2D eigenvalue weighted by Crippen LogP contribution is 2.24. The van der Waals surface area contributed by atoms with Gasteiger partial charge in [0.25, 0.3) is 0 Å². The van der Waals surface area contributed by atoms with Gasteiger partial charge in [-0.2, -0.15) is 0 Å². The van der Waals surface area contributed by atoms with Crippen LogP contribution in [0.25, 0.3) is 0 Å². The minimum Gasteiger partial charge on any atom is -0.366 e. The maximum atomic E-state index is 11.9. The van der Waals surface area contributed by atoms with Gasteiger partial charge in [-0.05, 0) is 40.3 Å². The molecular weight excluding hydrogens is 266 g/mol. The second-order valence-electron chi connectivity index (χ2n) is 4.68. The summed E-state index contributed by atoms with van der Waals surface area (Å²) in [6.45, 7) is 7.15. The number of hydrogen-bond donors (Lipinski definition) is 1. The summed E-state index contributed by atoms with van der Waals surface area (Å²) in [6.07, 6.45) is 2.48. The van der Waals surface area contributed by atoms with Crippen molar-refractivity contribution < 1.29 is 13.2 Å². The summed E-state index contributed by atoms with van der Waals surface area (Å²) in [5, 5.41) is -0.775. The van der Waals surface area contributed by atoms with Crippen LogP contribution >= 0.6 is 0 Å². The van der Waals surface area contributed by atoms with Crippen LogP contribution in [0.5, 0.6) is 0 Å². The zero-order valence-electron chi connectivity index (χ0n) is 11.9. The van der Waals surface area contributed by atoms with Gasteiger partial charge in [-0.15, -0.1) is 0 Å². The van der Waals surface area contributed by atoms with Crippen LogP contribution in [0.2, 0.25) is 0 Å². The van der Waals surface area contributed by atoms with E-state index in [0.717, 1.165) is 5.56 Å². The number of aryl methyl sites for hydroxylation is 1. The highest BCUT2D eigenvalue weighted by Gasteiger charge is 2.33. The van der Waals surface area contributed by atoms with E-state index in [1.54, 1.807) is 19.3 Å². The van der Waals surface area contributed by atoms with Crippen molar-refractivity contribution in [2.45, 2.75) is 45.2 Å². The molecule has 19 heavy (non-hydrogen) atoms. The van der Waals surface area contributed by atoms with Gasteiger partial charge in [0, 0.05) is 12.4 Å². The number of sulfonamides is 1. The summed E-state index contributed by atoms with van der Waals surface area (Å²) in [5.74, 6) is 0.380. The SMILES string of the molecule is CNS(=O)(=O)[C@H](C)[C@@H](OC(C)C)c1ncc(C)cn1. The van der Waals surface area contributed by atoms with Crippen molar-refractivity contribution in [3.63, 3.8) is 0 Å². The Morgan fingerprint density at radius 1 is 1.21 bits per heavy atom. The normalized spacial score (nSPS) is 15.5. The molecule has 0 bridgehead atoms. The van der Waals surface area contributed by atoms with Gasteiger partial charge >= 0.3 is 0 Å². The first kappa shape index (κ1) is 16.0. The molecule has 108 valence electrons. The highest BCUT2D eigenvalue weighted by atomic mass is 32.2. The van der Waals surface area contributed by atoms with Crippen LogP contribution in [-0.4, -0.2) is 36.8 Å². The van der Waals surface area contributed by atoms with Gasteiger partial charge in [-0.3, -0.25) is 0 Å². The molecule has 1 aromatic heterocycles. The Morgan fingerprint density at radius 2 is 1.74 bits per heavy atom. The quantitative estimate of drug-likeness (QED) is 0.850. The molecule has 0 spiro atoms.